The molecule has 0 aliphatic carbocycles. The third kappa shape index (κ3) is 3.45. The minimum Gasteiger partial charge on any atom is -0.497 e. The molecule has 1 aliphatic heterocycles. The van der Waals surface area contributed by atoms with Crippen molar-refractivity contribution in [3.8, 4) is 5.75 Å². The van der Waals surface area contributed by atoms with Crippen molar-refractivity contribution in [2.24, 2.45) is 0 Å². The number of carbonyl (C=O) groups is 1. The van der Waals surface area contributed by atoms with Crippen LogP contribution in [0.5, 0.6) is 5.75 Å². The summed E-state index contributed by atoms with van der Waals surface area (Å²) in [5.41, 5.74) is 0.736. The molecular formula is C19H22N2O4S. The number of hydrogen-bond acceptors (Lipinski definition) is 4. The molecule has 1 amide bonds. The number of carbonyl (C=O) groups excluding carboxylic acids is 1. The van der Waals surface area contributed by atoms with Crippen LogP contribution in [-0.2, 0) is 14.8 Å². The summed E-state index contributed by atoms with van der Waals surface area (Å²) in [6.07, 6.45) is -0.0736. The van der Waals surface area contributed by atoms with Crippen molar-refractivity contribution in [1.29, 1.82) is 0 Å². The van der Waals surface area contributed by atoms with Gasteiger partial charge in [-0.1, -0.05) is 30.3 Å². The van der Waals surface area contributed by atoms with E-state index in [1.165, 1.54) is 11.2 Å². The molecule has 0 saturated carbocycles. The summed E-state index contributed by atoms with van der Waals surface area (Å²) < 4.78 is 33.0. The first-order valence-electron chi connectivity index (χ1n) is 8.43. The van der Waals surface area contributed by atoms with Crippen LogP contribution in [0.1, 0.15) is 25.1 Å². The van der Waals surface area contributed by atoms with Crippen LogP contribution >= 0.6 is 0 Å². The largest absolute Gasteiger partial charge is 0.497 e. The van der Waals surface area contributed by atoms with E-state index in [-0.39, 0.29) is 10.8 Å². The second-order valence-electron chi connectivity index (χ2n) is 6.14. The average Bonchev–Trinajstić information content (AvgIpc) is 2.68. The molecule has 0 spiro atoms. The Balaban J connectivity index is 2.07. The first-order chi connectivity index (χ1) is 12.4. The van der Waals surface area contributed by atoms with Crippen LogP contribution in [0.2, 0.25) is 0 Å². The van der Waals surface area contributed by atoms with E-state index in [2.05, 4.69) is 0 Å². The van der Waals surface area contributed by atoms with E-state index < -0.39 is 16.2 Å². The fraction of sp³-hybridized carbons (Fsp3) is 0.316. The van der Waals surface area contributed by atoms with Crippen LogP contribution in [0.3, 0.4) is 0 Å². The van der Waals surface area contributed by atoms with Crippen molar-refractivity contribution in [1.82, 2.24) is 9.21 Å². The van der Waals surface area contributed by atoms with E-state index in [1.54, 1.807) is 66.6 Å². The maximum Gasteiger partial charge on any atom is 0.245 e. The SMILES string of the molecule is COc1ccc(C2N(C(C)=O)CCCN2S(=O)(=O)c2ccccc2)cc1. The Morgan fingerprint density at radius 2 is 1.69 bits per heavy atom. The minimum atomic E-state index is -3.73. The molecule has 0 bridgehead atoms. The van der Waals surface area contributed by atoms with Crippen molar-refractivity contribution in [3.63, 3.8) is 0 Å². The number of amides is 1. The summed E-state index contributed by atoms with van der Waals surface area (Å²) in [4.78, 5) is 14.0. The molecule has 1 heterocycles. The number of nitrogens with zero attached hydrogens (tertiary/aromatic N) is 2. The Hall–Kier alpha value is -2.38. The van der Waals surface area contributed by atoms with E-state index >= 15 is 0 Å². The van der Waals surface area contributed by atoms with Crippen molar-refractivity contribution >= 4 is 15.9 Å². The summed E-state index contributed by atoms with van der Waals surface area (Å²) >= 11 is 0. The Morgan fingerprint density at radius 3 is 2.27 bits per heavy atom. The molecule has 0 N–H and O–H groups in total. The second kappa shape index (κ2) is 7.47. The minimum absolute atomic E-state index is 0.154. The molecule has 2 aromatic carbocycles. The van der Waals surface area contributed by atoms with Gasteiger partial charge in [0, 0.05) is 20.0 Å². The van der Waals surface area contributed by atoms with Crippen LogP contribution in [0.15, 0.2) is 59.5 Å². The number of sulfonamides is 1. The highest BCUT2D eigenvalue weighted by atomic mass is 32.2. The van der Waals surface area contributed by atoms with Gasteiger partial charge in [-0.15, -0.1) is 0 Å². The quantitative estimate of drug-likeness (QED) is 0.825. The molecule has 1 aliphatic rings. The lowest BCUT2D eigenvalue weighted by Crippen LogP contribution is -2.51. The fourth-order valence-corrected chi connectivity index (χ4v) is 4.87. The Bertz CT molecular complexity index is 866. The van der Waals surface area contributed by atoms with Crippen molar-refractivity contribution in [2.45, 2.75) is 24.4 Å². The zero-order valence-corrected chi connectivity index (χ0v) is 15.6. The van der Waals surface area contributed by atoms with Crippen molar-refractivity contribution in [2.75, 3.05) is 20.2 Å². The molecular weight excluding hydrogens is 352 g/mol. The molecule has 3 rings (SSSR count). The highest BCUT2D eigenvalue weighted by molar-refractivity contribution is 7.89. The van der Waals surface area contributed by atoms with Crippen LogP contribution in [0, 0.1) is 0 Å². The van der Waals surface area contributed by atoms with Gasteiger partial charge in [0.15, 0.2) is 0 Å². The van der Waals surface area contributed by atoms with Gasteiger partial charge in [0.2, 0.25) is 15.9 Å². The molecule has 1 unspecified atom stereocenters. The van der Waals surface area contributed by atoms with E-state index in [1.807, 2.05) is 0 Å². The highest BCUT2D eigenvalue weighted by Gasteiger charge is 2.39. The lowest BCUT2D eigenvalue weighted by Gasteiger charge is -2.42. The van der Waals surface area contributed by atoms with Crippen LogP contribution < -0.4 is 4.74 Å². The fourth-order valence-electron chi connectivity index (χ4n) is 3.23. The van der Waals surface area contributed by atoms with Gasteiger partial charge >= 0.3 is 0 Å². The van der Waals surface area contributed by atoms with Crippen LogP contribution in [-0.4, -0.2) is 43.7 Å². The highest BCUT2D eigenvalue weighted by Crippen LogP contribution is 2.34. The van der Waals surface area contributed by atoms with Crippen molar-refractivity contribution in [3.05, 3.63) is 60.2 Å². The Kier molecular flexibility index (Phi) is 5.29. The summed E-state index contributed by atoms with van der Waals surface area (Å²) in [5, 5.41) is 0. The van der Waals surface area contributed by atoms with E-state index in [4.69, 9.17) is 4.74 Å². The van der Waals surface area contributed by atoms with E-state index in [9.17, 15) is 13.2 Å². The van der Waals surface area contributed by atoms with Crippen LogP contribution in [0.4, 0.5) is 0 Å². The summed E-state index contributed by atoms with van der Waals surface area (Å²) in [6.45, 7) is 2.35. The number of rotatable bonds is 4. The normalized spacial score (nSPS) is 18.5. The molecule has 138 valence electrons. The molecule has 0 radical (unpaired) electrons. The first-order valence-corrected chi connectivity index (χ1v) is 9.87. The second-order valence-corrected chi connectivity index (χ2v) is 8.03. The standard InChI is InChI=1S/C19H22N2O4S/c1-15(22)20-13-6-14-21(26(23,24)18-7-4-3-5-8-18)19(20)16-9-11-17(25-2)12-10-16/h3-5,7-12,19H,6,13-14H2,1-2H3. The summed E-state index contributed by atoms with van der Waals surface area (Å²) in [5.74, 6) is 0.523. The third-order valence-electron chi connectivity index (χ3n) is 4.51. The number of hydrogen-bond donors (Lipinski definition) is 0. The molecule has 1 atom stereocenters. The summed E-state index contributed by atoms with van der Waals surface area (Å²) in [7, 11) is -2.16. The molecule has 0 aromatic heterocycles. The molecule has 2 aromatic rings. The van der Waals surface area contributed by atoms with Gasteiger partial charge in [-0.25, -0.2) is 8.42 Å². The zero-order chi connectivity index (χ0) is 18.7. The number of benzene rings is 2. The number of ether oxygens (including phenoxy) is 1. The predicted molar refractivity (Wildman–Crippen MR) is 98.1 cm³/mol. The van der Waals surface area contributed by atoms with Gasteiger partial charge in [0.05, 0.1) is 12.0 Å². The molecule has 6 nitrogen and oxygen atoms in total. The Labute approximate surface area is 154 Å². The van der Waals surface area contributed by atoms with Gasteiger partial charge in [0.1, 0.15) is 11.9 Å². The maximum atomic E-state index is 13.2. The first kappa shape index (κ1) is 18.4. The lowest BCUT2D eigenvalue weighted by atomic mass is 10.1. The van der Waals surface area contributed by atoms with Gasteiger partial charge in [-0.05, 0) is 36.2 Å². The molecule has 7 heteroatoms. The zero-order valence-electron chi connectivity index (χ0n) is 14.8. The molecule has 1 fully saturated rings. The van der Waals surface area contributed by atoms with Crippen molar-refractivity contribution < 1.29 is 17.9 Å². The summed E-state index contributed by atoms with van der Waals surface area (Å²) in [6, 6.07) is 15.5. The van der Waals surface area contributed by atoms with Gasteiger partial charge in [0.25, 0.3) is 0 Å². The van der Waals surface area contributed by atoms with Gasteiger partial charge in [-0.3, -0.25) is 4.79 Å². The lowest BCUT2D eigenvalue weighted by molar-refractivity contribution is -0.135. The topological polar surface area (TPSA) is 66.9 Å². The average molecular weight is 374 g/mol. The van der Waals surface area contributed by atoms with E-state index in [0.29, 0.717) is 25.3 Å². The van der Waals surface area contributed by atoms with E-state index in [0.717, 1.165) is 5.56 Å². The Morgan fingerprint density at radius 1 is 1.04 bits per heavy atom. The smallest absolute Gasteiger partial charge is 0.245 e. The van der Waals surface area contributed by atoms with Crippen LogP contribution in [0.25, 0.3) is 0 Å². The third-order valence-corrected chi connectivity index (χ3v) is 6.38. The van der Waals surface area contributed by atoms with Gasteiger partial charge < -0.3 is 9.64 Å². The monoisotopic (exact) mass is 374 g/mol. The maximum absolute atomic E-state index is 13.2. The number of methoxy groups -OCH3 is 1. The molecule has 1 saturated heterocycles. The molecule has 26 heavy (non-hydrogen) atoms. The predicted octanol–water partition coefficient (Wildman–Crippen LogP) is 2.64. The van der Waals surface area contributed by atoms with Gasteiger partial charge in [-0.2, -0.15) is 4.31 Å².